The number of nitriles is 1. The Morgan fingerprint density at radius 3 is 2.95 bits per heavy atom. The molecule has 1 aliphatic rings. The van der Waals surface area contributed by atoms with E-state index in [2.05, 4.69) is 16.4 Å². The van der Waals surface area contributed by atoms with E-state index in [0.29, 0.717) is 17.9 Å². The summed E-state index contributed by atoms with van der Waals surface area (Å²) in [5.74, 6) is 0.733. The van der Waals surface area contributed by atoms with Gasteiger partial charge >= 0.3 is 0 Å². The molecule has 1 aromatic rings. The second kappa shape index (κ2) is 4.88. The third-order valence-corrected chi connectivity index (χ3v) is 3.68. The van der Waals surface area contributed by atoms with E-state index in [4.69, 9.17) is 5.26 Å². The first kappa shape index (κ1) is 13.3. The number of aryl methyl sites for hydroxylation is 1. The largest absolute Gasteiger partial charge is 0.359 e. The minimum absolute atomic E-state index is 0.0427. The molecule has 1 aromatic heterocycles. The molecule has 0 aromatic carbocycles. The molecule has 1 amide bonds. The van der Waals surface area contributed by atoms with Crippen molar-refractivity contribution in [2.24, 2.45) is 5.41 Å². The average Bonchev–Trinajstić information content (AvgIpc) is 2.81. The van der Waals surface area contributed by atoms with Crippen molar-refractivity contribution in [3.8, 4) is 6.07 Å². The molecule has 100 valence electrons. The first-order valence-electron chi connectivity index (χ1n) is 6.35. The molecular weight excluding hydrogens is 240 g/mol. The molecule has 1 saturated heterocycles. The molecule has 2 rings (SSSR count). The van der Waals surface area contributed by atoms with Gasteiger partial charge in [0.15, 0.2) is 0 Å². The summed E-state index contributed by atoms with van der Waals surface area (Å²) in [5, 5.41) is 11.9. The fraction of sp³-hybridized carbons (Fsp3) is 0.500. The molecule has 0 spiro atoms. The number of anilines is 1. The smallest absolute Gasteiger partial charge is 0.227 e. The van der Waals surface area contributed by atoms with Crippen LogP contribution < -0.4 is 10.2 Å². The highest BCUT2D eigenvalue weighted by Gasteiger charge is 2.40. The number of amides is 1. The summed E-state index contributed by atoms with van der Waals surface area (Å²) in [6.07, 6.45) is 0.771. The number of pyridine rings is 1. The van der Waals surface area contributed by atoms with Crippen molar-refractivity contribution in [3.05, 3.63) is 23.4 Å². The lowest BCUT2D eigenvalue weighted by molar-refractivity contribution is -0.128. The zero-order valence-corrected chi connectivity index (χ0v) is 11.5. The molecule has 0 bridgehead atoms. The van der Waals surface area contributed by atoms with E-state index in [9.17, 15) is 4.79 Å². The Morgan fingerprint density at radius 1 is 1.58 bits per heavy atom. The van der Waals surface area contributed by atoms with Crippen molar-refractivity contribution in [1.82, 2.24) is 10.3 Å². The van der Waals surface area contributed by atoms with Gasteiger partial charge in [-0.15, -0.1) is 0 Å². The fourth-order valence-electron chi connectivity index (χ4n) is 2.50. The van der Waals surface area contributed by atoms with Gasteiger partial charge in [0, 0.05) is 25.8 Å². The molecule has 2 heterocycles. The zero-order valence-electron chi connectivity index (χ0n) is 11.5. The molecule has 0 radical (unpaired) electrons. The highest BCUT2D eigenvalue weighted by atomic mass is 16.2. The van der Waals surface area contributed by atoms with Crippen molar-refractivity contribution >= 4 is 11.7 Å². The van der Waals surface area contributed by atoms with Crippen molar-refractivity contribution in [2.75, 3.05) is 25.0 Å². The summed E-state index contributed by atoms with van der Waals surface area (Å²) >= 11 is 0. The predicted octanol–water partition coefficient (Wildman–Crippen LogP) is 1.22. The van der Waals surface area contributed by atoms with E-state index in [1.807, 2.05) is 24.8 Å². The SMILES string of the molecule is CNC(=O)C1(C)CCN(c2nc(C)ccc2C#N)C1. The summed E-state index contributed by atoms with van der Waals surface area (Å²) in [7, 11) is 1.65. The Hall–Kier alpha value is -2.09. The lowest BCUT2D eigenvalue weighted by Gasteiger charge is -2.23. The average molecular weight is 258 g/mol. The number of hydrogen-bond acceptors (Lipinski definition) is 4. The molecule has 5 heteroatoms. The standard InChI is InChI=1S/C14H18N4O/c1-10-4-5-11(8-15)12(17-10)18-7-6-14(2,9-18)13(19)16-3/h4-5H,6-7,9H2,1-3H3,(H,16,19). The maximum Gasteiger partial charge on any atom is 0.227 e. The summed E-state index contributed by atoms with van der Waals surface area (Å²) in [6, 6.07) is 5.78. The number of carbonyl (C=O) groups is 1. The molecule has 0 aliphatic carbocycles. The topological polar surface area (TPSA) is 69.0 Å². The van der Waals surface area contributed by atoms with Crippen molar-refractivity contribution in [1.29, 1.82) is 5.26 Å². The van der Waals surface area contributed by atoms with E-state index in [-0.39, 0.29) is 5.91 Å². The van der Waals surface area contributed by atoms with Gasteiger partial charge in [-0.3, -0.25) is 4.79 Å². The molecule has 0 saturated carbocycles. The van der Waals surface area contributed by atoms with Gasteiger partial charge < -0.3 is 10.2 Å². The van der Waals surface area contributed by atoms with Crippen molar-refractivity contribution < 1.29 is 4.79 Å². The number of carbonyl (C=O) groups excluding carboxylic acids is 1. The zero-order chi connectivity index (χ0) is 14.0. The summed E-state index contributed by atoms with van der Waals surface area (Å²) in [5.41, 5.74) is 1.03. The van der Waals surface area contributed by atoms with Gasteiger partial charge in [-0.1, -0.05) is 0 Å². The van der Waals surface area contributed by atoms with Crippen LogP contribution in [0.2, 0.25) is 0 Å². The number of nitrogens with one attached hydrogen (secondary N) is 1. The number of aromatic nitrogens is 1. The third kappa shape index (κ3) is 2.39. The second-order valence-corrected chi connectivity index (χ2v) is 5.25. The minimum atomic E-state index is -0.410. The second-order valence-electron chi connectivity index (χ2n) is 5.25. The Morgan fingerprint density at radius 2 is 2.32 bits per heavy atom. The Kier molecular flexibility index (Phi) is 3.43. The van der Waals surface area contributed by atoms with E-state index >= 15 is 0 Å². The number of nitrogens with zero attached hydrogens (tertiary/aromatic N) is 3. The first-order valence-corrected chi connectivity index (χ1v) is 6.35. The normalized spacial score (nSPS) is 22.1. The fourth-order valence-corrected chi connectivity index (χ4v) is 2.50. The van der Waals surface area contributed by atoms with E-state index in [1.54, 1.807) is 13.1 Å². The minimum Gasteiger partial charge on any atom is -0.359 e. The van der Waals surface area contributed by atoms with E-state index in [0.717, 1.165) is 18.7 Å². The Bertz CT molecular complexity index is 549. The van der Waals surface area contributed by atoms with Gasteiger partial charge in [0.1, 0.15) is 11.9 Å². The highest BCUT2D eigenvalue weighted by molar-refractivity contribution is 5.83. The van der Waals surface area contributed by atoms with Crippen molar-refractivity contribution in [3.63, 3.8) is 0 Å². The van der Waals surface area contributed by atoms with Gasteiger partial charge in [0.05, 0.1) is 11.0 Å². The van der Waals surface area contributed by atoms with Crippen molar-refractivity contribution in [2.45, 2.75) is 20.3 Å². The lowest BCUT2D eigenvalue weighted by Crippen LogP contribution is -2.39. The van der Waals surface area contributed by atoms with Crippen LogP contribution in [-0.4, -0.2) is 31.0 Å². The van der Waals surface area contributed by atoms with Crippen LogP contribution in [0.25, 0.3) is 0 Å². The maximum absolute atomic E-state index is 11.9. The molecule has 1 aliphatic heterocycles. The third-order valence-electron chi connectivity index (χ3n) is 3.68. The van der Waals surface area contributed by atoms with Gasteiger partial charge in [-0.05, 0) is 32.4 Å². The van der Waals surface area contributed by atoms with Crippen LogP contribution in [0.15, 0.2) is 12.1 Å². The van der Waals surface area contributed by atoms with Crippen LogP contribution in [0.5, 0.6) is 0 Å². The molecule has 1 fully saturated rings. The molecule has 1 unspecified atom stereocenters. The van der Waals surface area contributed by atoms with Crippen LogP contribution in [0.1, 0.15) is 24.6 Å². The molecule has 1 atom stereocenters. The van der Waals surface area contributed by atoms with Crippen LogP contribution in [0, 0.1) is 23.7 Å². The number of hydrogen-bond donors (Lipinski definition) is 1. The number of rotatable bonds is 2. The monoisotopic (exact) mass is 258 g/mol. The quantitative estimate of drug-likeness (QED) is 0.866. The molecule has 19 heavy (non-hydrogen) atoms. The highest BCUT2D eigenvalue weighted by Crippen LogP contribution is 2.33. The molecule has 5 nitrogen and oxygen atoms in total. The van der Waals surface area contributed by atoms with Crippen LogP contribution >= 0.6 is 0 Å². The molecular formula is C14H18N4O. The van der Waals surface area contributed by atoms with Crippen LogP contribution in [-0.2, 0) is 4.79 Å². The van der Waals surface area contributed by atoms with Crippen LogP contribution in [0.4, 0.5) is 5.82 Å². The maximum atomic E-state index is 11.9. The Labute approximate surface area is 113 Å². The summed E-state index contributed by atoms with van der Waals surface area (Å²) < 4.78 is 0. The molecule has 1 N–H and O–H groups in total. The lowest BCUT2D eigenvalue weighted by atomic mass is 9.89. The van der Waals surface area contributed by atoms with Crippen LogP contribution in [0.3, 0.4) is 0 Å². The Balaban J connectivity index is 2.29. The first-order chi connectivity index (χ1) is 9.00. The summed E-state index contributed by atoms with van der Waals surface area (Å²) in [6.45, 7) is 5.19. The van der Waals surface area contributed by atoms with Gasteiger partial charge in [0.2, 0.25) is 5.91 Å². The predicted molar refractivity (Wildman–Crippen MR) is 72.7 cm³/mol. The van der Waals surface area contributed by atoms with Gasteiger partial charge in [-0.25, -0.2) is 4.98 Å². The van der Waals surface area contributed by atoms with Gasteiger partial charge in [0.25, 0.3) is 0 Å². The summed E-state index contributed by atoms with van der Waals surface area (Å²) in [4.78, 5) is 18.4. The van der Waals surface area contributed by atoms with Gasteiger partial charge in [-0.2, -0.15) is 5.26 Å². The van der Waals surface area contributed by atoms with E-state index in [1.165, 1.54) is 0 Å². The van der Waals surface area contributed by atoms with E-state index < -0.39 is 5.41 Å².